The number of azide groups is 1. The van der Waals surface area contributed by atoms with Crippen LogP contribution in [-0.2, 0) is 9.59 Å². The summed E-state index contributed by atoms with van der Waals surface area (Å²) in [7, 11) is 0. The van der Waals surface area contributed by atoms with Crippen molar-refractivity contribution in [3.05, 3.63) is 10.4 Å². The minimum Gasteiger partial charge on any atom is -0.481 e. The number of carbonyl (C=O) groups excluding carboxylic acids is 1. The highest BCUT2D eigenvalue weighted by Gasteiger charge is 2.20. The van der Waals surface area contributed by atoms with Gasteiger partial charge >= 0.3 is 5.97 Å². The van der Waals surface area contributed by atoms with Gasteiger partial charge in [0.15, 0.2) is 6.04 Å². The molecule has 8 heteroatoms. The summed E-state index contributed by atoms with van der Waals surface area (Å²) >= 11 is 0. The summed E-state index contributed by atoms with van der Waals surface area (Å²) in [5.41, 5.74) is 14.6. The molecule has 1 atom stereocenters. The molecule has 0 aliphatic heterocycles. The van der Waals surface area contributed by atoms with E-state index in [9.17, 15) is 9.59 Å². The number of nitrogens with zero attached hydrogens (tertiary/aromatic N) is 3. The van der Waals surface area contributed by atoms with Crippen molar-refractivity contribution in [1.29, 1.82) is 0 Å². The molecule has 0 aliphatic carbocycles. The molecule has 0 aromatic heterocycles. The summed E-state index contributed by atoms with van der Waals surface area (Å²) in [6.07, 6.45) is -0.519. The average molecular weight is 173 g/mol. The van der Waals surface area contributed by atoms with Gasteiger partial charge in [0.1, 0.15) is 0 Å². The number of carboxylic acid groups (broad SMARTS) is 1. The van der Waals surface area contributed by atoms with Crippen molar-refractivity contribution in [1.82, 2.24) is 5.43 Å². The zero-order valence-electron chi connectivity index (χ0n) is 5.97. The van der Waals surface area contributed by atoms with Crippen LogP contribution in [-0.4, -0.2) is 23.0 Å². The molecule has 0 rings (SSSR count). The van der Waals surface area contributed by atoms with Gasteiger partial charge in [-0.2, -0.15) is 4.91 Å². The van der Waals surface area contributed by atoms with Crippen LogP contribution in [0, 0.1) is 0 Å². The van der Waals surface area contributed by atoms with E-state index >= 15 is 0 Å². The number of primary amides is 1. The van der Waals surface area contributed by atoms with Gasteiger partial charge in [0.25, 0.3) is 5.91 Å². The first kappa shape index (κ1) is 10.0. The van der Waals surface area contributed by atoms with Gasteiger partial charge in [-0.3, -0.25) is 9.59 Å². The zero-order chi connectivity index (χ0) is 9.56. The van der Waals surface area contributed by atoms with Gasteiger partial charge in [0, 0.05) is 0 Å². The van der Waals surface area contributed by atoms with Gasteiger partial charge in [0.2, 0.25) is 0 Å². The van der Waals surface area contributed by atoms with E-state index in [1.54, 1.807) is 0 Å². The predicted molar refractivity (Wildman–Crippen MR) is 37.5 cm³/mol. The number of rotatable bonds is 5. The Balaban J connectivity index is 4.13. The molecule has 0 spiro atoms. The van der Waals surface area contributed by atoms with Gasteiger partial charge < -0.3 is 10.8 Å². The molecule has 0 fully saturated rings. The van der Waals surface area contributed by atoms with Crippen LogP contribution < -0.4 is 11.2 Å². The zero-order valence-corrected chi connectivity index (χ0v) is 5.97. The van der Waals surface area contributed by atoms with E-state index in [4.69, 9.17) is 16.4 Å². The normalized spacial score (nSPS) is 11.0. The highest BCUT2D eigenvalue weighted by atomic mass is 16.4. The molecule has 0 radical (unpaired) electrons. The SMILES string of the molecule is [N-]=[N+]=NN[C@@H](CC(=O)O)C(N)=O. The number of nitrogens with one attached hydrogen (secondary N) is 1. The second-order valence-electron chi connectivity index (χ2n) is 1.87. The predicted octanol–water partition coefficient (Wildman–Crippen LogP) is -0.870. The van der Waals surface area contributed by atoms with Crippen molar-refractivity contribution in [3.63, 3.8) is 0 Å². The molecule has 8 nitrogen and oxygen atoms in total. The van der Waals surface area contributed by atoms with E-state index in [2.05, 4.69) is 10.1 Å². The van der Waals surface area contributed by atoms with Crippen LogP contribution in [0.25, 0.3) is 10.4 Å². The Bertz CT molecular complexity index is 229. The molecule has 0 bridgehead atoms. The Morgan fingerprint density at radius 3 is 2.67 bits per heavy atom. The summed E-state index contributed by atoms with van der Waals surface area (Å²) in [5.74, 6) is -2.09. The molecule has 4 N–H and O–H groups in total. The number of hydrogen-bond donors (Lipinski definition) is 3. The summed E-state index contributed by atoms with van der Waals surface area (Å²) < 4.78 is 0. The number of aliphatic carboxylic acids is 1. The highest BCUT2D eigenvalue weighted by molar-refractivity contribution is 5.84. The fourth-order valence-corrected chi connectivity index (χ4v) is 0.480. The van der Waals surface area contributed by atoms with Crippen LogP contribution in [0.4, 0.5) is 0 Å². The molecular formula is C4H7N5O3. The molecular weight excluding hydrogens is 166 g/mol. The van der Waals surface area contributed by atoms with Crippen molar-refractivity contribution >= 4 is 11.9 Å². The second-order valence-corrected chi connectivity index (χ2v) is 1.87. The summed E-state index contributed by atoms with van der Waals surface area (Å²) in [6.45, 7) is 0. The maximum absolute atomic E-state index is 10.5. The lowest BCUT2D eigenvalue weighted by Crippen LogP contribution is -2.39. The molecule has 0 aromatic carbocycles. The van der Waals surface area contributed by atoms with E-state index in [1.807, 2.05) is 5.43 Å². The van der Waals surface area contributed by atoms with Crippen LogP contribution in [0.2, 0.25) is 0 Å². The number of carbonyl (C=O) groups is 2. The fourth-order valence-electron chi connectivity index (χ4n) is 0.480. The topological polar surface area (TPSA) is 141 Å². The fraction of sp³-hybridized carbons (Fsp3) is 0.500. The van der Waals surface area contributed by atoms with Crippen LogP contribution in [0.5, 0.6) is 0 Å². The minimum atomic E-state index is -1.21. The first-order chi connectivity index (χ1) is 5.57. The number of amides is 1. The third-order valence-corrected chi connectivity index (χ3v) is 0.980. The van der Waals surface area contributed by atoms with Crippen LogP contribution in [0.1, 0.15) is 6.42 Å². The highest BCUT2D eigenvalue weighted by Crippen LogP contribution is 1.90. The van der Waals surface area contributed by atoms with Crippen LogP contribution >= 0.6 is 0 Å². The van der Waals surface area contributed by atoms with Gasteiger partial charge in [-0.1, -0.05) is 0 Å². The third kappa shape index (κ3) is 3.96. The van der Waals surface area contributed by atoms with Crippen molar-refractivity contribution < 1.29 is 14.7 Å². The van der Waals surface area contributed by atoms with Gasteiger partial charge in [-0.05, 0) is 5.22 Å². The van der Waals surface area contributed by atoms with E-state index in [-0.39, 0.29) is 0 Å². The first-order valence-corrected chi connectivity index (χ1v) is 2.88. The monoisotopic (exact) mass is 173 g/mol. The van der Waals surface area contributed by atoms with Crippen molar-refractivity contribution in [3.8, 4) is 0 Å². The van der Waals surface area contributed by atoms with E-state index in [0.717, 1.165) is 0 Å². The van der Waals surface area contributed by atoms with E-state index in [1.165, 1.54) is 0 Å². The van der Waals surface area contributed by atoms with E-state index in [0.29, 0.717) is 0 Å². The lowest BCUT2D eigenvalue weighted by Gasteiger charge is -2.04. The maximum Gasteiger partial charge on any atom is 0.308 e. The second kappa shape index (κ2) is 4.80. The van der Waals surface area contributed by atoms with Crippen molar-refractivity contribution in [2.24, 2.45) is 11.0 Å². The largest absolute Gasteiger partial charge is 0.481 e. The van der Waals surface area contributed by atoms with Crippen LogP contribution in [0.3, 0.4) is 0 Å². The molecule has 0 aliphatic rings. The Morgan fingerprint density at radius 1 is 1.75 bits per heavy atom. The number of nitrogens with two attached hydrogens (primary N) is 1. The summed E-state index contributed by atoms with van der Waals surface area (Å²) in [5, 5.41) is 11.1. The lowest BCUT2D eigenvalue weighted by molar-refractivity contribution is -0.139. The van der Waals surface area contributed by atoms with Crippen LogP contribution in [0.15, 0.2) is 5.22 Å². The maximum atomic E-state index is 10.5. The number of carboxylic acids is 1. The van der Waals surface area contributed by atoms with Gasteiger partial charge in [-0.15, -0.1) is 5.53 Å². The van der Waals surface area contributed by atoms with Crippen molar-refractivity contribution in [2.75, 3.05) is 0 Å². The Hall–Kier alpha value is -1.95. The Kier molecular flexibility index (Phi) is 4.02. The molecule has 0 heterocycles. The summed E-state index contributed by atoms with van der Waals surface area (Å²) in [4.78, 5) is 22.8. The quantitative estimate of drug-likeness (QED) is 0.215. The standard InChI is InChI=1S/C4H7N5O3/c5-4(12)2(1-3(10)11)7-9-8-6/h2,7H,1H2,(H2,5,12)(H,10,11)/t2-/m0/s1. The smallest absolute Gasteiger partial charge is 0.308 e. The number of hydrogen-bond acceptors (Lipinski definition) is 3. The van der Waals surface area contributed by atoms with Gasteiger partial charge in [0.05, 0.1) is 6.42 Å². The molecule has 0 saturated carbocycles. The van der Waals surface area contributed by atoms with Gasteiger partial charge in [-0.25, -0.2) is 5.43 Å². The van der Waals surface area contributed by atoms with Crippen molar-refractivity contribution in [2.45, 2.75) is 12.5 Å². The molecule has 0 aromatic rings. The molecule has 0 unspecified atom stereocenters. The third-order valence-electron chi connectivity index (χ3n) is 0.980. The molecule has 12 heavy (non-hydrogen) atoms. The lowest BCUT2D eigenvalue weighted by atomic mass is 10.2. The minimum absolute atomic E-state index is 0.519. The first-order valence-electron chi connectivity index (χ1n) is 2.88. The average Bonchev–Trinajstić information content (AvgIpc) is 1.96. The molecule has 66 valence electrons. The Morgan fingerprint density at radius 2 is 2.33 bits per heavy atom. The molecule has 0 saturated heterocycles. The Labute approximate surface area is 66.9 Å². The van der Waals surface area contributed by atoms with E-state index < -0.39 is 24.3 Å². The molecule has 1 amide bonds. The summed E-state index contributed by atoms with van der Waals surface area (Å²) in [6, 6.07) is -1.17.